The Morgan fingerprint density at radius 3 is 2.71 bits per heavy atom. The first-order valence-corrected chi connectivity index (χ1v) is 9.73. The van der Waals surface area contributed by atoms with Gasteiger partial charge in [-0.1, -0.05) is 18.2 Å². The minimum atomic E-state index is -0.694. The molecule has 31 heavy (non-hydrogen) atoms. The van der Waals surface area contributed by atoms with Crippen molar-refractivity contribution in [1.29, 1.82) is 5.41 Å². The normalized spacial score (nSPS) is 11.9. The van der Waals surface area contributed by atoms with Crippen LogP contribution in [0.2, 0.25) is 0 Å². The van der Waals surface area contributed by atoms with Gasteiger partial charge in [0.15, 0.2) is 5.82 Å². The summed E-state index contributed by atoms with van der Waals surface area (Å²) in [6.45, 7) is 3.46. The van der Waals surface area contributed by atoms with Gasteiger partial charge in [0.05, 0.1) is 18.5 Å². The molecule has 0 amide bonds. The van der Waals surface area contributed by atoms with E-state index in [1.807, 2.05) is 0 Å². The zero-order valence-corrected chi connectivity index (χ0v) is 17.2. The molecule has 1 aromatic carbocycles. The second-order valence-corrected chi connectivity index (χ2v) is 7.16. The summed E-state index contributed by atoms with van der Waals surface area (Å²) in [6.07, 6.45) is 3.34. The summed E-state index contributed by atoms with van der Waals surface area (Å²) in [5.74, 6) is -0.702. The van der Waals surface area contributed by atoms with Crippen molar-refractivity contribution in [3.05, 3.63) is 81.4 Å². The van der Waals surface area contributed by atoms with E-state index in [1.165, 1.54) is 12.3 Å². The highest BCUT2D eigenvalue weighted by Crippen LogP contribution is 2.23. The molecular weight excluding hydrogens is 404 g/mol. The molecule has 0 aliphatic heterocycles. The largest absolute Gasteiger partial charge is 0.394 e. The first-order valence-electron chi connectivity index (χ1n) is 9.73. The van der Waals surface area contributed by atoms with Gasteiger partial charge in [0.2, 0.25) is 0 Å². The van der Waals surface area contributed by atoms with Crippen LogP contribution in [0.1, 0.15) is 23.6 Å². The average molecular weight is 428 g/mol. The van der Waals surface area contributed by atoms with E-state index >= 15 is 0 Å². The number of aliphatic hydroxyl groups is 1. The summed E-state index contributed by atoms with van der Waals surface area (Å²) in [7, 11) is 0. The van der Waals surface area contributed by atoms with E-state index in [0.29, 0.717) is 22.6 Å². The molecular formula is C22H24F2N5O2+. The molecule has 0 bridgehead atoms. The van der Waals surface area contributed by atoms with Crippen LogP contribution in [0.15, 0.2) is 47.5 Å². The Hall–Kier alpha value is -3.43. The maximum Gasteiger partial charge on any atom is 0.270 e. The summed E-state index contributed by atoms with van der Waals surface area (Å²) in [4.78, 5) is 17.1. The minimum absolute atomic E-state index is 0.0105. The summed E-state index contributed by atoms with van der Waals surface area (Å²) in [6, 6.07) is 7.60. The minimum Gasteiger partial charge on any atom is -0.394 e. The summed E-state index contributed by atoms with van der Waals surface area (Å²) in [5, 5.41) is 21.6. The van der Waals surface area contributed by atoms with E-state index in [-0.39, 0.29) is 36.3 Å². The Morgan fingerprint density at radius 1 is 1.29 bits per heavy atom. The second kappa shape index (κ2) is 9.59. The predicted molar refractivity (Wildman–Crippen MR) is 114 cm³/mol. The monoisotopic (exact) mass is 428 g/mol. The summed E-state index contributed by atoms with van der Waals surface area (Å²) < 4.78 is 29.7. The van der Waals surface area contributed by atoms with Crippen molar-refractivity contribution in [2.45, 2.75) is 26.4 Å². The fourth-order valence-electron chi connectivity index (χ4n) is 3.24. The third-order valence-corrected chi connectivity index (χ3v) is 4.95. The van der Waals surface area contributed by atoms with Crippen molar-refractivity contribution in [3.63, 3.8) is 0 Å². The lowest BCUT2D eigenvalue weighted by atomic mass is 10.1. The number of hydrogen-bond acceptors (Lipinski definition) is 5. The fourth-order valence-corrected chi connectivity index (χ4v) is 3.24. The maximum atomic E-state index is 14.7. The molecule has 0 spiro atoms. The van der Waals surface area contributed by atoms with Crippen LogP contribution in [-0.4, -0.2) is 33.5 Å². The summed E-state index contributed by atoms with van der Waals surface area (Å²) in [5.41, 5.74) is 0.809. The van der Waals surface area contributed by atoms with Crippen LogP contribution in [-0.2, 0) is 6.54 Å². The Labute approximate surface area is 177 Å². The van der Waals surface area contributed by atoms with Gasteiger partial charge in [0.1, 0.15) is 29.4 Å². The molecule has 5 N–H and O–H groups in total. The number of nitrogens with one attached hydrogen (secondary N) is 2. The molecule has 2 heterocycles. The SMILES string of the molecule is Cc1c(N[C@@H](C)CO)ncc(F)c1-n1ccc([NH2+]Cc2ccccc2F)c(C=N)c1=O. The molecule has 3 rings (SSSR count). The second-order valence-electron chi connectivity index (χ2n) is 7.16. The predicted octanol–water partition coefficient (Wildman–Crippen LogP) is 2.00. The molecule has 0 unspecified atom stereocenters. The van der Waals surface area contributed by atoms with Gasteiger partial charge in [-0.2, -0.15) is 0 Å². The number of rotatable bonds is 8. The number of anilines is 1. The Morgan fingerprint density at radius 2 is 2.03 bits per heavy atom. The van der Waals surface area contributed by atoms with Crippen molar-refractivity contribution in [3.8, 4) is 5.69 Å². The maximum absolute atomic E-state index is 14.7. The molecule has 2 aromatic heterocycles. The van der Waals surface area contributed by atoms with Gasteiger partial charge in [0, 0.05) is 35.6 Å². The number of pyridine rings is 2. The van der Waals surface area contributed by atoms with Crippen LogP contribution < -0.4 is 16.2 Å². The van der Waals surface area contributed by atoms with Gasteiger partial charge in [-0.05, 0) is 19.9 Å². The van der Waals surface area contributed by atoms with Crippen LogP contribution in [0.25, 0.3) is 5.69 Å². The standard InChI is InChI=1S/C22H23F2N5O2/c1-13(12-30)28-21-14(2)20(18(24)11-27-21)29-8-7-19(16(9-25)22(29)31)26-10-15-5-3-4-6-17(15)23/h3-9,11,13,25-26,30H,10,12H2,1-2H3,(H,27,28)/p+1/t13-/m0/s1. The molecule has 0 saturated carbocycles. The molecule has 0 aliphatic rings. The zero-order valence-electron chi connectivity index (χ0n) is 17.2. The summed E-state index contributed by atoms with van der Waals surface area (Å²) >= 11 is 0. The van der Waals surface area contributed by atoms with Gasteiger partial charge < -0.3 is 21.1 Å². The lowest BCUT2D eigenvalue weighted by Gasteiger charge is -2.18. The number of aromatic nitrogens is 2. The van der Waals surface area contributed by atoms with Crippen LogP contribution in [0.4, 0.5) is 20.3 Å². The Bertz CT molecular complexity index is 1160. The van der Waals surface area contributed by atoms with Gasteiger partial charge in [-0.15, -0.1) is 0 Å². The van der Waals surface area contributed by atoms with Crippen molar-refractivity contribution in [2.75, 3.05) is 11.9 Å². The van der Waals surface area contributed by atoms with Crippen LogP contribution >= 0.6 is 0 Å². The lowest BCUT2D eigenvalue weighted by molar-refractivity contribution is -0.589. The third-order valence-electron chi connectivity index (χ3n) is 4.95. The highest BCUT2D eigenvalue weighted by atomic mass is 19.1. The number of benzene rings is 1. The number of nitrogens with two attached hydrogens (primary N) is 1. The fraction of sp³-hybridized carbons (Fsp3) is 0.227. The van der Waals surface area contributed by atoms with Gasteiger partial charge >= 0.3 is 0 Å². The number of aliphatic hydroxyl groups excluding tert-OH is 1. The lowest BCUT2D eigenvalue weighted by Crippen LogP contribution is -2.77. The van der Waals surface area contributed by atoms with Crippen molar-refractivity contribution in [2.24, 2.45) is 0 Å². The highest BCUT2D eigenvalue weighted by molar-refractivity contribution is 5.82. The van der Waals surface area contributed by atoms with Crippen LogP contribution in [0.5, 0.6) is 0 Å². The average Bonchev–Trinajstić information content (AvgIpc) is 2.76. The van der Waals surface area contributed by atoms with Crippen molar-refractivity contribution >= 4 is 17.7 Å². The van der Waals surface area contributed by atoms with Gasteiger partial charge in [-0.3, -0.25) is 9.36 Å². The number of quaternary nitrogens is 1. The van der Waals surface area contributed by atoms with E-state index < -0.39 is 11.4 Å². The first-order chi connectivity index (χ1) is 14.9. The molecule has 3 aromatic rings. The van der Waals surface area contributed by atoms with E-state index in [1.54, 1.807) is 43.4 Å². The molecule has 0 saturated heterocycles. The van der Waals surface area contributed by atoms with Crippen molar-refractivity contribution in [1.82, 2.24) is 9.55 Å². The van der Waals surface area contributed by atoms with Crippen LogP contribution in [0, 0.1) is 24.0 Å². The molecule has 1 atom stereocenters. The van der Waals surface area contributed by atoms with E-state index in [0.717, 1.165) is 17.0 Å². The first kappa shape index (κ1) is 22.3. The Balaban J connectivity index is 2.01. The molecule has 0 fully saturated rings. The number of nitrogens with zero attached hydrogens (tertiary/aromatic N) is 2. The van der Waals surface area contributed by atoms with Crippen molar-refractivity contribution < 1.29 is 19.2 Å². The van der Waals surface area contributed by atoms with Crippen LogP contribution in [0.3, 0.4) is 0 Å². The van der Waals surface area contributed by atoms with Gasteiger partial charge in [-0.25, -0.2) is 13.8 Å². The number of hydrogen-bond donors (Lipinski definition) is 4. The van der Waals surface area contributed by atoms with E-state index in [2.05, 4.69) is 10.3 Å². The zero-order chi connectivity index (χ0) is 22.5. The molecule has 0 radical (unpaired) electrons. The topological polar surface area (TPSA) is 108 Å². The quantitative estimate of drug-likeness (QED) is 0.412. The van der Waals surface area contributed by atoms with E-state index in [4.69, 9.17) is 5.41 Å². The smallest absolute Gasteiger partial charge is 0.270 e. The van der Waals surface area contributed by atoms with Gasteiger partial charge in [0.25, 0.3) is 5.56 Å². The third kappa shape index (κ3) is 4.68. The molecule has 162 valence electrons. The van der Waals surface area contributed by atoms with E-state index in [9.17, 15) is 18.7 Å². The molecule has 0 aliphatic carbocycles. The number of halogens is 2. The highest BCUT2D eigenvalue weighted by Gasteiger charge is 2.19. The molecule has 7 nitrogen and oxygen atoms in total. The molecule has 9 heteroatoms. The Kier molecular flexibility index (Phi) is 6.88.